The van der Waals surface area contributed by atoms with Crippen molar-refractivity contribution in [1.29, 1.82) is 0 Å². The number of nitrogens with one attached hydrogen (secondary N) is 1. The molecule has 4 rings (SSSR count). The number of anilines is 2. The van der Waals surface area contributed by atoms with E-state index in [2.05, 4.69) is 10.3 Å². The Labute approximate surface area is 171 Å². The number of aryl methyl sites for hydroxylation is 1. The number of ether oxygens (including phenoxy) is 1. The molecule has 1 unspecified atom stereocenters. The lowest BCUT2D eigenvalue weighted by molar-refractivity contribution is -0.131. The van der Waals surface area contributed by atoms with Gasteiger partial charge in [0.1, 0.15) is 11.7 Å². The monoisotopic (exact) mass is 396 g/mol. The van der Waals surface area contributed by atoms with Crippen LogP contribution in [-0.2, 0) is 23.1 Å². The summed E-state index contributed by atoms with van der Waals surface area (Å²) in [5.74, 6) is 0.653. The maximum atomic E-state index is 13.3. The minimum absolute atomic E-state index is 0.151. The van der Waals surface area contributed by atoms with E-state index in [0.717, 1.165) is 18.5 Å². The predicted molar refractivity (Wildman–Crippen MR) is 111 cm³/mol. The average molecular weight is 396 g/mol. The summed E-state index contributed by atoms with van der Waals surface area (Å²) in [5.41, 5.74) is 1.56. The van der Waals surface area contributed by atoms with Crippen molar-refractivity contribution in [2.75, 3.05) is 23.9 Å². The molecule has 2 heterocycles. The first-order chi connectivity index (χ1) is 14.1. The van der Waals surface area contributed by atoms with Crippen LogP contribution in [0.15, 0.2) is 30.6 Å². The second kappa shape index (κ2) is 8.27. The summed E-state index contributed by atoms with van der Waals surface area (Å²) in [4.78, 5) is 32.6. The van der Waals surface area contributed by atoms with Gasteiger partial charge in [0.15, 0.2) is 5.82 Å². The van der Waals surface area contributed by atoms with Gasteiger partial charge in [-0.25, -0.2) is 4.98 Å². The lowest BCUT2D eigenvalue weighted by atomic mass is 9.87. The standard InChI is InChI=1S/C22H28N4O3/c1-25-14-23-20-19(25)12-18(21(27)24-16-9-6-10-17(11-16)29-2)22(28)26(20)13-15-7-4-3-5-8-15/h6,9-11,14-15,18H,3-5,7-8,12-13H2,1-2H3,(H,24,27). The van der Waals surface area contributed by atoms with E-state index in [9.17, 15) is 9.59 Å². The predicted octanol–water partition coefficient (Wildman–Crippen LogP) is 3.15. The van der Waals surface area contributed by atoms with Gasteiger partial charge in [-0.05, 0) is 30.9 Å². The van der Waals surface area contributed by atoms with Crippen LogP contribution >= 0.6 is 0 Å². The van der Waals surface area contributed by atoms with E-state index < -0.39 is 5.92 Å². The van der Waals surface area contributed by atoms with Crippen molar-refractivity contribution >= 4 is 23.3 Å². The van der Waals surface area contributed by atoms with Gasteiger partial charge in [-0.15, -0.1) is 0 Å². The van der Waals surface area contributed by atoms with Crippen molar-refractivity contribution in [3.8, 4) is 5.75 Å². The molecule has 1 aliphatic heterocycles. The third-order valence-electron chi connectivity index (χ3n) is 6.07. The van der Waals surface area contributed by atoms with Crippen LogP contribution < -0.4 is 15.0 Å². The molecule has 154 valence electrons. The van der Waals surface area contributed by atoms with Gasteiger partial charge in [-0.3, -0.25) is 14.5 Å². The smallest absolute Gasteiger partial charge is 0.241 e. The van der Waals surface area contributed by atoms with Crippen molar-refractivity contribution in [1.82, 2.24) is 9.55 Å². The minimum Gasteiger partial charge on any atom is -0.497 e. The highest BCUT2D eigenvalue weighted by Crippen LogP contribution is 2.33. The van der Waals surface area contributed by atoms with Gasteiger partial charge in [0, 0.05) is 31.8 Å². The molecule has 1 aromatic carbocycles. The fraction of sp³-hybridized carbons (Fsp3) is 0.500. The van der Waals surface area contributed by atoms with E-state index >= 15 is 0 Å². The number of aromatic nitrogens is 2. The molecule has 0 spiro atoms. The molecule has 1 aliphatic carbocycles. The molecule has 2 amide bonds. The normalized spacial score (nSPS) is 19.7. The Kier molecular flexibility index (Phi) is 5.56. The largest absolute Gasteiger partial charge is 0.497 e. The summed E-state index contributed by atoms with van der Waals surface area (Å²) in [6.45, 7) is 0.645. The van der Waals surface area contributed by atoms with Crippen LogP contribution in [0.4, 0.5) is 11.5 Å². The van der Waals surface area contributed by atoms with E-state index in [1.54, 1.807) is 30.5 Å². The molecule has 7 nitrogen and oxygen atoms in total. The number of fused-ring (bicyclic) bond motifs is 1. The number of hydrogen-bond donors (Lipinski definition) is 1. The first kappa shape index (κ1) is 19.5. The summed E-state index contributed by atoms with van der Waals surface area (Å²) < 4.78 is 7.14. The molecule has 1 fully saturated rings. The molecule has 1 N–H and O–H groups in total. The number of amides is 2. The molecule has 2 aromatic rings. The van der Waals surface area contributed by atoms with Gasteiger partial charge in [0.2, 0.25) is 11.8 Å². The van der Waals surface area contributed by atoms with Crippen LogP contribution in [0, 0.1) is 11.8 Å². The highest BCUT2D eigenvalue weighted by molar-refractivity contribution is 6.13. The van der Waals surface area contributed by atoms with Gasteiger partial charge in [0.05, 0.1) is 19.1 Å². The number of methoxy groups -OCH3 is 1. The molecule has 0 bridgehead atoms. The number of imidazole rings is 1. The topological polar surface area (TPSA) is 76.5 Å². The van der Waals surface area contributed by atoms with Gasteiger partial charge in [-0.1, -0.05) is 25.3 Å². The van der Waals surface area contributed by atoms with Crippen LogP contribution in [-0.4, -0.2) is 35.0 Å². The fourth-order valence-corrected chi connectivity index (χ4v) is 4.42. The highest BCUT2D eigenvalue weighted by Gasteiger charge is 2.40. The highest BCUT2D eigenvalue weighted by atomic mass is 16.5. The molecule has 1 atom stereocenters. The number of carbonyl (C=O) groups is 2. The summed E-state index contributed by atoms with van der Waals surface area (Å²) in [6.07, 6.45) is 8.04. The summed E-state index contributed by atoms with van der Waals surface area (Å²) in [6, 6.07) is 7.17. The Morgan fingerprint density at radius 2 is 2.07 bits per heavy atom. The molecular weight excluding hydrogens is 368 g/mol. The zero-order valence-corrected chi connectivity index (χ0v) is 17.1. The lowest BCUT2D eigenvalue weighted by Gasteiger charge is -2.34. The van der Waals surface area contributed by atoms with Gasteiger partial charge >= 0.3 is 0 Å². The van der Waals surface area contributed by atoms with Crippen molar-refractivity contribution in [2.24, 2.45) is 18.9 Å². The van der Waals surface area contributed by atoms with Crippen molar-refractivity contribution in [3.05, 3.63) is 36.3 Å². The summed E-state index contributed by atoms with van der Waals surface area (Å²) in [7, 11) is 3.50. The second-order valence-electron chi connectivity index (χ2n) is 8.06. The average Bonchev–Trinajstić information content (AvgIpc) is 3.11. The first-order valence-corrected chi connectivity index (χ1v) is 10.3. The van der Waals surface area contributed by atoms with E-state index in [0.29, 0.717) is 36.1 Å². The number of nitrogens with zero attached hydrogens (tertiary/aromatic N) is 3. The maximum Gasteiger partial charge on any atom is 0.241 e. The molecule has 1 aromatic heterocycles. The first-order valence-electron chi connectivity index (χ1n) is 10.3. The molecule has 7 heteroatoms. The van der Waals surface area contributed by atoms with E-state index in [-0.39, 0.29) is 11.8 Å². The SMILES string of the molecule is COc1cccc(NC(=O)C2Cc3c(ncn3C)N(CC3CCCCC3)C2=O)c1. The Morgan fingerprint density at radius 3 is 2.83 bits per heavy atom. The molecule has 0 saturated heterocycles. The Morgan fingerprint density at radius 1 is 1.28 bits per heavy atom. The van der Waals surface area contributed by atoms with Gasteiger partial charge in [-0.2, -0.15) is 0 Å². The summed E-state index contributed by atoms with van der Waals surface area (Å²) >= 11 is 0. The third-order valence-corrected chi connectivity index (χ3v) is 6.07. The molecular formula is C22H28N4O3. The molecule has 2 aliphatic rings. The summed E-state index contributed by atoms with van der Waals surface area (Å²) in [5, 5.41) is 2.89. The third kappa shape index (κ3) is 3.99. The Balaban J connectivity index is 1.56. The zero-order valence-electron chi connectivity index (χ0n) is 17.1. The Bertz CT molecular complexity index is 901. The molecule has 1 saturated carbocycles. The number of rotatable bonds is 5. The van der Waals surface area contributed by atoms with Crippen LogP contribution in [0.3, 0.4) is 0 Å². The van der Waals surface area contributed by atoms with Crippen LogP contribution in [0.25, 0.3) is 0 Å². The van der Waals surface area contributed by atoms with E-state index in [1.807, 2.05) is 23.7 Å². The zero-order chi connectivity index (χ0) is 20.4. The van der Waals surface area contributed by atoms with Gasteiger partial charge in [0.25, 0.3) is 0 Å². The molecule has 29 heavy (non-hydrogen) atoms. The van der Waals surface area contributed by atoms with Crippen LogP contribution in [0.5, 0.6) is 5.75 Å². The van der Waals surface area contributed by atoms with Crippen LogP contribution in [0.2, 0.25) is 0 Å². The van der Waals surface area contributed by atoms with E-state index in [1.165, 1.54) is 19.3 Å². The van der Waals surface area contributed by atoms with Crippen LogP contribution in [0.1, 0.15) is 37.8 Å². The quantitative estimate of drug-likeness (QED) is 0.788. The maximum absolute atomic E-state index is 13.3. The second-order valence-corrected chi connectivity index (χ2v) is 8.06. The van der Waals surface area contributed by atoms with E-state index in [4.69, 9.17) is 4.74 Å². The number of benzene rings is 1. The number of carbonyl (C=O) groups excluding carboxylic acids is 2. The fourth-order valence-electron chi connectivity index (χ4n) is 4.42. The van der Waals surface area contributed by atoms with Crippen molar-refractivity contribution in [3.63, 3.8) is 0 Å². The van der Waals surface area contributed by atoms with Gasteiger partial charge < -0.3 is 14.6 Å². The number of hydrogen-bond acceptors (Lipinski definition) is 4. The van der Waals surface area contributed by atoms with Crippen molar-refractivity contribution in [2.45, 2.75) is 38.5 Å². The molecule has 0 radical (unpaired) electrons. The lowest BCUT2D eigenvalue weighted by Crippen LogP contribution is -2.48. The van der Waals surface area contributed by atoms with Crippen molar-refractivity contribution < 1.29 is 14.3 Å². The minimum atomic E-state index is -0.757. The Hall–Kier alpha value is -2.83.